The van der Waals surface area contributed by atoms with Crippen LogP contribution in [0.25, 0.3) is 5.57 Å². The Morgan fingerprint density at radius 2 is 1.86 bits per heavy atom. The van der Waals surface area contributed by atoms with E-state index in [4.69, 9.17) is 32.7 Å². The maximum Gasteiger partial charge on any atom is 0.343 e. The van der Waals surface area contributed by atoms with Crippen LogP contribution in [-0.4, -0.2) is 17.5 Å². The van der Waals surface area contributed by atoms with Gasteiger partial charge in [-0.3, -0.25) is 4.79 Å². The van der Waals surface area contributed by atoms with Gasteiger partial charge in [0.25, 0.3) is 0 Å². The molecule has 0 aromatic heterocycles. The quantitative estimate of drug-likeness (QED) is 0.510. The van der Waals surface area contributed by atoms with Crippen LogP contribution < -0.4 is 0 Å². The van der Waals surface area contributed by atoms with Crippen molar-refractivity contribution in [2.75, 3.05) is 0 Å². The Morgan fingerprint density at radius 1 is 1.21 bits per heavy atom. The average molecular weight is 427 g/mol. The third-order valence-electron chi connectivity index (χ3n) is 5.63. The van der Waals surface area contributed by atoms with E-state index in [2.05, 4.69) is 0 Å². The molecule has 1 heterocycles. The van der Waals surface area contributed by atoms with E-state index in [-0.39, 0.29) is 19.0 Å². The fourth-order valence-corrected chi connectivity index (χ4v) is 3.99. The van der Waals surface area contributed by atoms with E-state index in [0.29, 0.717) is 40.6 Å². The number of carbonyl (C=O) groups is 2. The summed E-state index contributed by atoms with van der Waals surface area (Å²) >= 11 is 12.4. The van der Waals surface area contributed by atoms with Crippen molar-refractivity contribution in [3.63, 3.8) is 0 Å². The van der Waals surface area contributed by atoms with Gasteiger partial charge in [-0.1, -0.05) is 50.0 Å². The van der Waals surface area contributed by atoms with Gasteiger partial charge in [-0.15, -0.1) is 0 Å². The summed E-state index contributed by atoms with van der Waals surface area (Å²) in [6.45, 7) is 5.59. The SMILES string of the molecule is C.CCC(C)(C)C(=O)OC1=C(c2ccc(Cl)cc2Cl)C(=O)OC12CCCCC2. The Kier molecular flexibility index (Phi) is 6.88. The second-order valence-electron chi connectivity index (χ2n) is 7.90. The van der Waals surface area contributed by atoms with Crippen LogP contribution in [0, 0.1) is 5.41 Å². The minimum Gasteiger partial charge on any atom is -0.447 e. The predicted molar refractivity (Wildman–Crippen MR) is 112 cm³/mol. The van der Waals surface area contributed by atoms with E-state index in [9.17, 15) is 9.59 Å². The summed E-state index contributed by atoms with van der Waals surface area (Å²) in [4.78, 5) is 25.7. The number of hydrogen-bond acceptors (Lipinski definition) is 4. The number of esters is 2. The molecule has 3 rings (SSSR count). The lowest BCUT2D eigenvalue weighted by Gasteiger charge is -2.34. The van der Waals surface area contributed by atoms with Crippen LogP contribution >= 0.6 is 23.2 Å². The molecule has 1 fully saturated rings. The highest BCUT2D eigenvalue weighted by Crippen LogP contribution is 2.48. The summed E-state index contributed by atoms with van der Waals surface area (Å²) in [5, 5.41) is 0.791. The molecule has 0 N–H and O–H groups in total. The van der Waals surface area contributed by atoms with E-state index in [1.54, 1.807) is 18.2 Å². The van der Waals surface area contributed by atoms with Crippen molar-refractivity contribution >= 4 is 40.7 Å². The Hall–Kier alpha value is -1.52. The zero-order chi connectivity index (χ0) is 19.8. The summed E-state index contributed by atoms with van der Waals surface area (Å²) in [5.41, 5.74) is -0.833. The molecular formula is C22H28Cl2O4. The lowest BCUT2D eigenvalue weighted by molar-refractivity contribution is -0.160. The first-order valence-corrected chi connectivity index (χ1v) is 10.1. The van der Waals surface area contributed by atoms with Crippen LogP contribution in [0.3, 0.4) is 0 Å². The highest BCUT2D eigenvalue weighted by atomic mass is 35.5. The lowest BCUT2D eigenvalue weighted by Crippen LogP contribution is -2.38. The number of carbonyl (C=O) groups excluding carboxylic acids is 2. The smallest absolute Gasteiger partial charge is 0.343 e. The molecule has 1 aromatic carbocycles. The van der Waals surface area contributed by atoms with Crippen molar-refractivity contribution in [2.24, 2.45) is 5.41 Å². The molecule has 28 heavy (non-hydrogen) atoms. The number of hydrogen-bond donors (Lipinski definition) is 0. The first-order valence-electron chi connectivity index (χ1n) is 9.36. The molecule has 0 unspecified atom stereocenters. The van der Waals surface area contributed by atoms with Crippen LogP contribution in [-0.2, 0) is 19.1 Å². The van der Waals surface area contributed by atoms with Gasteiger partial charge in [0.2, 0.25) is 0 Å². The van der Waals surface area contributed by atoms with Crippen molar-refractivity contribution in [3.05, 3.63) is 39.6 Å². The fraction of sp³-hybridized carbons (Fsp3) is 0.545. The van der Waals surface area contributed by atoms with Gasteiger partial charge >= 0.3 is 11.9 Å². The van der Waals surface area contributed by atoms with Crippen molar-refractivity contribution in [3.8, 4) is 0 Å². The van der Waals surface area contributed by atoms with Gasteiger partial charge in [-0.2, -0.15) is 0 Å². The van der Waals surface area contributed by atoms with Gasteiger partial charge in [0, 0.05) is 10.6 Å². The monoisotopic (exact) mass is 426 g/mol. The summed E-state index contributed by atoms with van der Waals surface area (Å²) in [5.74, 6) is -0.563. The highest BCUT2D eigenvalue weighted by molar-refractivity contribution is 6.37. The molecule has 1 saturated carbocycles. The Labute approximate surface area is 177 Å². The largest absolute Gasteiger partial charge is 0.447 e. The topological polar surface area (TPSA) is 52.6 Å². The zero-order valence-corrected chi connectivity index (χ0v) is 17.4. The van der Waals surface area contributed by atoms with Crippen molar-refractivity contribution in [1.82, 2.24) is 0 Å². The van der Waals surface area contributed by atoms with Crippen molar-refractivity contribution < 1.29 is 19.1 Å². The van der Waals surface area contributed by atoms with Crippen LogP contribution in [0.15, 0.2) is 24.0 Å². The fourth-order valence-electron chi connectivity index (χ4n) is 3.49. The third kappa shape index (κ3) is 4.08. The van der Waals surface area contributed by atoms with Crippen LogP contribution in [0.5, 0.6) is 0 Å². The third-order valence-corrected chi connectivity index (χ3v) is 6.17. The van der Waals surface area contributed by atoms with E-state index >= 15 is 0 Å². The second kappa shape index (κ2) is 8.46. The molecule has 1 aliphatic heterocycles. The Balaban J connectivity index is 0.00000280. The van der Waals surface area contributed by atoms with Gasteiger partial charge < -0.3 is 9.47 Å². The van der Waals surface area contributed by atoms with Gasteiger partial charge in [0.1, 0.15) is 5.57 Å². The first kappa shape index (κ1) is 22.8. The summed E-state index contributed by atoms with van der Waals surface area (Å²) in [6.07, 6.45) is 4.79. The number of ether oxygens (including phenoxy) is 2. The van der Waals surface area contributed by atoms with Crippen LogP contribution in [0.4, 0.5) is 0 Å². The molecular weight excluding hydrogens is 399 g/mol. The zero-order valence-electron chi connectivity index (χ0n) is 15.9. The predicted octanol–water partition coefficient (Wildman–Crippen LogP) is 6.58. The molecule has 2 aliphatic rings. The van der Waals surface area contributed by atoms with Crippen LogP contribution in [0.1, 0.15) is 72.3 Å². The average Bonchev–Trinajstić information content (AvgIpc) is 2.87. The second-order valence-corrected chi connectivity index (χ2v) is 8.74. The van der Waals surface area contributed by atoms with E-state index in [0.717, 1.165) is 19.3 Å². The maximum absolute atomic E-state index is 12.8. The molecule has 1 aromatic rings. The minimum atomic E-state index is -0.882. The Morgan fingerprint density at radius 3 is 2.43 bits per heavy atom. The molecule has 0 amide bonds. The standard InChI is InChI=1S/C21H24Cl2O4.CH4/c1-4-20(2,3)19(25)26-17-16(14-9-8-13(22)12-15(14)23)18(24)27-21(17)10-6-5-7-11-21;/h8-9,12H,4-7,10-11H2,1-3H3;1H4. The summed E-state index contributed by atoms with van der Waals surface area (Å²) in [7, 11) is 0. The van der Waals surface area contributed by atoms with E-state index < -0.39 is 17.0 Å². The number of rotatable bonds is 4. The van der Waals surface area contributed by atoms with Crippen molar-refractivity contribution in [1.29, 1.82) is 0 Å². The molecule has 1 spiro atoms. The number of halogens is 2. The highest BCUT2D eigenvalue weighted by Gasteiger charge is 2.52. The molecule has 1 aliphatic carbocycles. The van der Waals surface area contributed by atoms with Gasteiger partial charge in [0.05, 0.1) is 10.4 Å². The van der Waals surface area contributed by atoms with Gasteiger partial charge in [-0.05, 0) is 58.1 Å². The van der Waals surface area contributed by atoms with Crippen molar-refractivity contribution in [2.45, 2.75) is 72.3 Å². The van der Waals surface area contributed by atoms with E-state index in [1.807, 2.05) is 20.8 Å². The molecule has 0 bridgehead atoms. The van der Waals surface area contributed by atoms with Crippen LogP contribution in [0.2, 0.25) is 10.0 Å². The molecule has 0 radical (unpaired) electrons. The first-order chi connectivity index (χ1) is 12.7. The minimum absolute atomic E-state index is 0. The molecule has 0 saturated heterocycles. The van der Waals surface area contributed by atoms with Gasteiger partial charge in [-0.25, -0.2) is 4.79 Å². The molecule has 154 valence electrons. The molecule has 6 heteroatoms. The maximum atomic E-state index is 12.8. The summed E-state index contributed by atoms with van der Waals surface area (Å²) < 4.78 is 11.7. The number of benzene rings is 1. The lowest BCUT2D eigenvalue weighted by atomic mass is 9.82. The molecule has 4 nitrogen and oxygen atoms in total. The van der Waals surface area contributed by atoms with Gasteiger partial charge in [0.15, 0.2) is 11.4 Å². The van der Waals surface area contributed by atoms with E-state index in [1.165, 1.54) is 0 Å². The molecule has 0 atom stereocenters. The summed E-state index contributed by atoms with van der Waals surface area (Å²) in [6, 6.07) is 4.90. The Bertz CT molecular complexity index is 805. The normalized spacial score (nSPS) is 18.7.